The highest BCUT2D eigenvalue weighted by molar-refractivity contribution is 5.96. The van der Waals surface area contributed by atoms with Crippen molar-refractivity contribution < 1.29 is 14.3 Å². The summed E-state index contributed by atoms with van der Waals surface area (Å²) in [6.45, 7) is 3.89. The van der Waals surface area contributed by atoms with Crippen LogP contribution in [0.4, 0.5) is 0 Å². The van der Waals surface area contributed by atoms with Crippen molar-refractivity contribution in [3.8, 4) is 5.75 Å². The monoisotopic (exact) mass is 263 g/mol. The van der Waals surface area contributed by atoms with Crippen LogP contribution >= 0.6 is 0 Å². The summed E-state index contributed by atoms with van der Waals surface area (Å²) >= 11 is 0. The standard InChI is InChI=1S/C15H21NO3/c1-11(2)19-13-7-12(9-16-10-13)14(17)8-15(18-3)5-4-6-15/h7,9-11H,4-6,8H2,1-3H3. The predicted octanol–water partition coefficient (Wildman–Crippen LogP) is 3.01. The molecule has 0 N–H and O–H groups in total. The molecule has 2 rings (SSSR count). The molecule has 0 aromatic carbocycles. The Kier molecular flexibility index (Phi) is 4.20. The lowest BCUT2D eigenvalue weighted by molar-refractivity contribution is -0.0704. The SMILES string of the molecule is COC1(CC(=O)c2cncc(OC(C)C)c2)CCC1. The van der Waals surface area contributed by atoms with Crippen molar-refractivity contribution in [1.29, 1.82) is 0 Å². The molecule has 4 heteroatoms. The zero-order valence-corrected chi connectivity index (χ0v) is 11.8. The van der Waals surface area contributed by atoms with E-state index in [4.69, 9.17) is 9.47 Å². The highest BCUT2D eigenvalue weighted by Gasteiger charge is 2.39. The smallest absolute Gasteiger partial charge is 0.167 e. The molecule has 0 atom stereocenters. The third kappa shape index (κ3) is 3.32. The van der Waals surface area contributed by atoms with Gasteiger partial charge in [-0.3, -0.25) is 9.78 Å². The molecule has 1 fully saturated rings. The van der Waals surface area contributed by atoms with Gasteiger partial charge in [0.1, 0.15) is 5.75 Å². The van der Waals surface area contributed by atoms with E-state index in [1.807, 2.05) is 13.8 Å². The number of carbonyl (C=O) groups is 1. The van der Waals surface area contributed by atoms with Gasteiger partial charge in [0, 0.05) is 25.3 Å². The lowest BCUT2D eigenvalue weighted by Crippen LogP contribution is -2.41. The number of hydrogen-bond acceptors (Lipinski definition) is 4. The summed E-state index contributed by atoms with van der Waals surface area (Å²) in [7, 11) is 1.68. The van der Waals surface area contributed by atoms with Gasteiger partial charge in [0.15, 0.2) is 5.78 Å². The Hall–Kier alpha value is -1.42. The number of Topliss-reactive ketones (excluding diaryl/α,β-unsaturated/α-hetero) is 1. The van der Waals surface area contributed by atoms with E-state index in [9.17, 15) is 4.79 Å². The first-order valence-corrected chi connectivity index (χ1v) is 6.75. The van der Waals surface area contributed by atoms with E-state index in [-0.39, 0.29) is 17.5 Å². The average molecular weight is 263 g/mol. The molecule has 0 bridgehead atoms. The molecule has 19 heavy (non-hydrogen) atoms. The van der Waals surface area contributed by atoms with Gasteiger partial charge in [-0.1, -0.05) is 0 Å². The number of aromatic nitrogens is 1. The molecule has 0 spiro atoms. The third-order valence-corrected chi connectivity index (χ3v) is 3.59. The molecule has 104 valence electrons. The molecular formula is C15H21NO3. The van der Waals surface area contributed by atoms with E-state index >= 15 is 0 Å². The van der Waals surface area contributed by atoms with E-state index < -0.39 is 0 Å². The molecule has 1 heterocycles. The lowest BCUT2D eigenvalue weighted by atomic mass is 9.76. The van der Waals surface area contributed by atoms with Crippen LogP contribution in [0, 0.1) is 0 Å². The van der Waals surface area contributed by atoms with Crippen molar-refractivity contribution in [3.05, 3.63) is 24.0 Å². The Balaban J connectivity index is 2.06. The minimum atomic E-state index is -0.244. The normalized spacial score (nSPS) is 17.1. The lowest BCUT2D eigenvalue weighted by Gasteiger charge is -2.40. The molecule has 4 nitrogen and oxygen atoms in total. The third-order valence-electron chi connectivity index (χ3n) is 3.59. The number of methoxy groups -OCH3 is 1. The number of hydrogen-bond donors (Lipinski definition) is 0. The van der Waals surface area contributed by atoms with Gasteiger partial charge >= 0.3 is 0 Å². The Morgan fingerprint density at radius 3 is 2.68 bits per heavy atom. The minimum Gasteiger partial charge on any atom is -0.489 e. The van der Waals surface area contributed by atoms with Crippen LogP contribution in [0.3, 0.4) is 0 Å². The van der Waals surface area contributed by atoms with Gasteiger partial charge in [0.2, 0.25) is 0 Å². The van der Waals surface area contributed by atoms with Crippen molar-refractivity contribution >= 4 is 5.78 Å². The summed E-state index contributed by atoms with van der Waals surface area (Å²) in [5.74, 6) is 0.712. The van der Waals surface area contributed by atoms with Gasteiger partial charge in [0.25, 0.3) is 0 Å². The number of ketones is 1. The second-order valence-corrected chi connectivity index (χ2v) is 5.42. The topological polar surface area (TPSA) is 48.4 Å². The summed E-state index contributed by atoms with van der Waals surface area (Å²) in [4.78, 5) is 16.3. The van der Waals surface area contributed by atoms with Crippen molar-refractivity contribution in [1.82, 2.24) is 4.98 Å². The Bertz CT molecular complexity index is 447. The van der Waals surface area contributed by atoms with Crippen LogP contribution in [0.2, 0.25) is 0 Å². The fourth-order valence-electron chi connectivity index (χ4n) is 2.33. The van der Waals surface area contributed by atoms with Gasteiger partial charge in [-0.15, -0.1) is 0 Å². The second-order valence-electron chi connectivity index (χ2n) is 5.42. The number of nitrogens with zero attached hydrogens (tertiary/aromatic N) is 1. The van der Waals surface area contributed by atoms with Crippen molar-refractivity contribution in [2.75, 3.05) is 7.11 Å². The molecule has 0 aliphatic heterocycles. The van der Waals surface area contributed by atoms with Gasteiger partial charge in [0.05, 0.1) is 17.9 Å². The van der Waals surface area contributed by atoms with Crippen molar-refractivity contribution in [2.24, 2.45) is 0 Å². The van der Waals surface area contributed by atoms with E-state index in [0.717, 1.165) is 19.3 Å². The van der Waals surface area contributed by atoms with Crippen molar-refractivity contribution in [2.45, 2.75) is 51.2 Å². The maximum Gasteiger partial charge on any atom is 0.167 e. The molecule has 0 radical (unpaired) electrons. The zero-order valence-electron chi connectivity index (χ0n) is 11.8. The molecule has 1 aliphatic carbocycles. The van der Waals surface area contributed by atoms with Gasteiger partial charge < -0.3 is 9.47 Å². The Morgan fingerprint density at radius 2 is 2.16 bits per heavy atom. The van der Waals surface area contributed by atoms with Gasteiger partial charge in [-0.05, 0) is 39.2 Å². The Labute approximate surface area is 114 Å². The first-order chi connectivity index (χ1) is 9.04. The number of rotatable bonds is 6. The molecule has 1 aromatic rings. The van der Waals surface area contributed by atoms with Crippen molar-refractivity contribution in [3.63, 3.8) is 0 Å². The zero-order chi connectivity index (χ0) is 13.9. The van der Waals surface area contributed by atoms with E-state index in [1.54, 1.807) is 25.6 Å². The van der Waals surface area contributed by atoms with Gasteiger partial charge in [-0.2, -0.15) is 0 Å². The second kappa shape index (κ2) is 5.70. The predicted molar refractivity (Wildman–Crippen MR) is 72.5 cm³/mol. The molecule has 1 saturated carbocycles. The van der Waals surface area contributed by atoms with E-state index in [1.165, 1.54) is 0 Å². The molecule has 1 aliphatic rings. The Morgan fingerprint density at radius 1 is 1.42 bits per heavy atom. The fourth-order valence-corrected chi connectivity index (χ4v) is 2.33. The number of carbonyl (C=O) groups excluding carboxylic acids is 1. The van der Waals surface area contributed by atoms with E-state index in [2.05, 4.69) is 4.98 Å². The molecular weight excluding hydrogens is 242 g/mol. The highest BCUT2D eigenvalue weighted by atomic mass is 16.5. The summed E-state index contributed by atoms with van der Waals surface area (Å²) in [5.41, 5.74) is 0.355. The van der Waals surface area contributed by atoms with Crippen LogP contribution in [0.1, 0.15) is 49.9 Å². The maximum absolute atomic E-state index is 12.3. The fraction of sp³-hybridized carbons (Fsp3) is 0.600. The van der Waals surface area contributed by atoms with Crippen LogP contribution in [0.5, 0.6) is 5.75 Å². The highest BCUT2D eigenvalue weighted by Crippen LogP contribution is 2.38. The number of pyridine rings is 1. The molecule has 0 amide bonds. The first kappa shape index (κ1) is 14.0. The summed E-state index contributed by atoms with van der Waals surface area (Å²) in [5, 5.41) is 0. The first-order valence-electron chi connectivity index (χ1n) is 6.75. The number of ether oxygens (including phenoxy) is 2. The van der Waals surface area contributed by atoms with Crippen LogP contribution in [-0.4, -0.2) is 29.6 Å². The summed E-state index contributed by atoms with van der Waals surface area (Å²) in [6.07, 6.45) is 6.79. The summed E-state index contributed by atoms with van der Waals surface area (Å²) in [6, 6.07) is 1.76. The largest absolute Gasteiger partial charge is 0.489 e. The molecule has 1 aromatic heterocycles. The van der Waals surface area contributed by atoms with Crippen LogP contribution < -0.4 is 4.74 Å². The summed E-state index contributed by atoms with van der Waals surface area (Å²) < 4.78 is 11.0. The minimum absolute atomic E-state index is 0.0725. The van der Waals surface area contributed by atoms with E-state index in [0.29, 0.717) is 17.7 Å². The quantitative estimate of drug-likeness (QED) is 0.740. The van der Waals surface area contributed by atoms with Gasteiger partial charge in [-0.25, -0.2) is 0 Å². The van der Waals surface area contributed by atoms with Crippen LogP contribution in [0.15, 0.2) is 18.5 Å². The molecule has 0 saturated heterocycles. The van der Waals surface area contributed by atoms with Crippen LogP contribution in [0.25, 0.3) is 0 Å². The average Bonchev–Trinajstić information content (AvgIpc) is 2.33. The van der Waals surface area contributed by atoms with Crippen LogP contribution in [-0.2, 0) is 4.74 Å². The molecule has 0 unspecified atom stereocenters. The maximum atomic E-state index is 12.3.